The summed E-state index contributed by atoms with van der Waals surface area (Å²) < 4.78 is 5.58. The van der Waals surface area contributed by atoms with E-state index in [1.807, 2.05) is 6.20 Å². The van der Waals surface area contributed by atoms with Gasteiger partial charge in [-0.15, -0.1) is 11.6 Å². The standard InChI is InChI=1S/C10H14ClNO/c1-7-4-8(5-7)9-6-12-10(13-9)2-3-11/h6-8H,2-5H2,1H3. The highest BCUT2D eigenvalue weighted by atomic mass is 35.5. The van der Waals surface area contributed by atoms with E-state index in [4.69, 9.17) is 16.0 Å². The smallest absolute Gasteiger partial charge is 0.195 e. The number of alkyl halides is 1. The second-order valence-corrected chi connectivity index (χ2v) is 4.25. The molecular formula is C10H14ClNO. The van der Waals surface area contributed by atoms with Crippen LogP contribution in [0.1, 0.15) is 37.3 Å². The SMILES string of the molecule is CC1CC(c2cnc(CCCl)o2)C1. The van der Waals surface area contributed by atoms with Crippen LogP contribution in [0.4, 0.5) is 0 Å². The van der Waals surface area contributed by atoms with Gasteiger partial charge in [0.1, 0.15) is 5.76 Å². The number of oxazole rings is 1. The minimum absolute atomic E-state index is 0.584. The van der Waals surface area contributed by atoms with Crippen LogP contribution in [0.5, 0.6) is 0 Å². The summed E-state index contributed by atoms with van der Waals surface area (Å²) in [5, 5.41) is 0. The van der Waals surface area contributed by atoms with Crippen LogP contribution in [0.3, 0.4) is 0 Å². The topological polar surface area (TPSA) is 26.0 Å². The second-order valence-electron chi connectivity index (χ2n) is 3.87. The molecule has 0 amide bonds. The molecule has 2 rings (SSSR count). The quantitative estimate of drug-likeness (QED) is 0.700. The minimum Gasteiger partial charge on any atom is -0.445 e. The summed E-state index contributed by atoms with van der Waals surface area (Å²) in [6.45, 7) is 2.27. The average Bonchev–Trinajstić information content (AvgIpc) is 2.48. The Bertz CT molecular complexity index is 278. The molecule has 0 unspecified atom stereocenters. The van der Waals surface area contributed by atoms with Gasteiger partial charge in [0.05, 0.1) is 6.20 Å². The molecule has 1 aliphatic rings. The summed E-state index contributed by atoms with van der Waals surface area (Å²) in [5.74, 6) is 3.89. The van der Waals surface area contributed by atoms with Gasteiger partial charge in [-0.1, -0.05) is 6.92 Å². The molecule has 1 aromatic heterocycles. The normalized spacial score (nSPS) is 27.2. The van der Waals surface area contributed by atoms with Crippen LogP contribution in [0.15, 0.2) is 10.6 Å². The molecule has 0 saturated heterocycles. The molecule has 0 aromatic carbocycles. The summed E-state index contributed by atoms with van der Waals surface area (Å²) in [6.07, 6.45) is 5.09. The van der Waals surface area contributed by atoms with Crippen LogP contribution < -0.4 is 0 Å². The van der Waals surface area contributed by atoms with Crippen molar-refractivity contribution in [1.82, 2.24) is 4.98 Å². The number of hydrogen-bond donors (Lipinski definition) is 0. The Kier molecular flexibility index (Phi) is 2.58. The van der Waals surface area contributed by atoms with E-state index in [1.165, 1.54) is 12.8 Å². The summed E-state index contributed by atoms with van der Waals surface area (Å²) in [6, 6.07) is 0. The van der Waals surface area contributed by atoms with Crippen LogP contribution in [-0.4, -0.2) is 10.9 Å². The van der Waals surface area contributed by atoms with Crippen molar-refractivity contribution in [3.8, 4) is 0 Å². The largest absolute Gasteiger partial charge is 0.445 e. The zero-order chi connectivity index (χ0) is 9.26. The van der Waals surface area contributed by atoms with E-state index in [-0.39, 0.29) is 0 Å². The van der Waals surface area contributed by atoms with Crippen molar-refractivity contribution in [3.63, 3.8) is 0 Å². The fourth-order valence-corrected chi connectivity index (χ4v) is 2.01. The maximum atomic E-state index is 5.60. The molecule has 1 heterocycles. The summed E-state index contributed by atoms with van der Waals surface area (Å²) in [7, 11) is 0. The molecule has 1 aromatic rings. The van der Waals surface area contributed by atoms with Gasteiger partial charge in [-0.05, 0) is 18.8 Å². The highest BCUT2D eigenvalue weighted by molar-refractivity contribution is 6.17. The Morgan fingerprint density at radius 2 is 2.38 bits per heavy atom. The molecule has 1 aliphatic carbocycles. The van der Waals surface area contributed by atoms with Gasteiger partial charge in [0, 0.05) is 18.2 Å². The summed E-state index contributed by atoms with van der Waals surface area (Å²) in [4.78, 5) is 4.18. The lowest BCUT2D eigenvalue weighted by Crippen LogP contribution is -2.18. The molecule has 1 fully saturated rings. The Balaban J connectivity index is 1.97. The lowest BCUT2D eigenvalue weighted by Gasteiger charge is -2.30. The first-order chi connectivity index (χ1) is 6.29. The molecule has 0 radical (unpaired) electrons. The van der Waals surface area contributed by atoms with Crippen molar-refractivity contribution in [3.05, 3.63) is 17.8 Å². The van der Waals surface area contributed by atoms with Gasteiger partial charge in [0.2, 0.25) is 0 Å². The van der Waals surface area contributed by atoms with E-state index in [2.05, 4.69) is 11.9 Å². The maximum Gasteiger partial charge on any atom is 0.195 e. The van der Waals surface area contributed by atoms with Crippen LogP contribution in [0.25, 0.3) is 0 Å². The zero-order valence-corrected chi connectivity index (χ0v) is 8.55. The maximum absolute atomic E-state index is 5.60. The molecule has 0 aliphatic heterocycles. The van der Waals surface area contributed by atoms with Crippen molar-refractivity contribution >= 4 is 11.6 Å². The molecule has 0 spiro atoms. The molecule has 2 nitrogen and oxygen atoms in total. The van der Waals surface area contributed by atoms with E-state index in [9.17, 15) is 0 Å². The molecule has 0 bridgehead atoms. The van der Waals surface area contributed by atoms with Gasteiger partial charge in [-0.3, -0.25) is 0 Å². The van der Waals surface area contributed by atoms with Crippen LogP contribution in [0.2, 0.25) is 0 Å². The number of nitrogens with zero attached hydrogens (tertiary/aromatic N) is 1. The minimum atomic E-state index is 0.584. The first kappa shape index (κ1) is 9.07. The predicted octanol–water partition coefficient (Wildman–Crippen LogP) is 2.97. The number of rotatable bonds is 3. The second kappa shape index (κ2) is 3.70. The lowest BCUT2D eigenvalue weighted by atomic mass is 9.75. The van der Waals surface area contributed by atoms with E-state index < -0.39 is 0 Å². The number of halogens is 1. The van der Waals surface area contributed by atoms with Gasteiger partial charge >= 0.3 is 0 Å². The van der Waals surface area contributed by atoms with Crippen molar-refractivity contribution < 1.29 is 4.42 Å². The first-order valence-electron chi connectivity index (χ1n) is 4.80. The van der Waals surface area contributed by atoms with E-state index in [0.29, 0.717) is 11.8 Å². The molecule has 13 heavy (non-hydrogen) atoms. The van der Waals surface area contributed by atoms with Gasteiger partial charge in [0.25, 0.3) is 0 Å². The van der Waals surface area contributed by atoms with Crippen molar-refractivity contribution in [2.75, 3.05) is 5.88 Å². The third kappa shape index (κ3) is 1.88. The predicted molar refractivity (Wildman–Crippen MR) is 52.1 cm³/mol. The molecule has 0 N–H and O–H groups in total. The summed E-state index contributed by atoms with van der Waals surface area (Å²) in [5.41, 5.74) is 0. The molecule has 3 heteroatoms. The Morgan fingerprint density at radius 1 is 1.62 bits per heavy atom. The van der Waals surface area contributed by atoms with E-state index in [0.717, 1.165) is 24.0 Å². The summed E-state index contributed by atoms with van der Waals surface area (Å²) >= 11 is 5.60. The molecular weight excluding hydrogens is 186 g/mol. The number of hydrogen-bond acceptors (Lipinski definition) is 2. The zero-order valence-electron chi connectivity index (χ0n) is 7.79. The van der Waals surface area contributed by atoms with Crippen LogP contribution in [-0.2, 0) is 6.42 Å². The van der Waals surface area contributed by atoms with Crippen LogP contribution in [0, 0.1) is 5.92 Å². The molecule has 72 valence electrons. The van der Waals surface area contributed by atoms with Crippen molar-refractivity contribution in [1.29, 1.82) is 0 Å². The lowest BCUT2D eigenvalue weighted by molar-refractivity contribution is 0.249. The molecule has 1 saturated carbocycles. The third-order valence-electron chi connectivity index (χ3n) is 2.66. The van der Waals surface area contributed by atoms with Gasteiger partial charge in [-0.2, -0.15) is 0 Å². The Morgan fingerprint density at radius 3 is 3.00 bits per heavy atom. The highest BCUT2D eigenvalue weighted by Crippen LogP contribution is 2.41. The van der Waals surface area contributed by atoms with E-state index in [1.54, 1.807) is 0 Å². The van der Waals surface area contributed by atoms with Crippen molar-refractivity contribution in [2.45, 2.75) is 32.1 Å². The fraction of sp³-hybridized carbons (Fsp3) is 0.700. The van der Waals surface area contributed by atoms with Crippen LogP contribution >= 0.6 is 11.6 Å². The fourth-order valence-electron chi connectivity index (χ4n) is 1.84. The van der Waals surface area contributed by atoms with Gasteiger partial charge < -0.3 is 4.42 Å². The first-order valence-corrected chi connectivity index (χ1v) is 5.33. The number of aryl methyl sites for hydroxylation is 1. The Labute approximate surface area is 83.3 Å². The average molecular weight is 200 g/mol. The van der Waals surface area contributed by atoms with Gasteiger partial charge in [-0.25, -0.2) is 4.98 Å². The monoisotopic (exact) mass is 199 g/mol. The Hall–Kier alpha value is -0.500. The number of aromatic nitrogens is 1. The third-order valence-corrected chi connectivity index (χ3v) is 2.84. The van der Waals surface area contributed by atoms with Gasteiger partial charge in [0.15, 0.2) is 5.89 Å². The van der Waals surface area contributed by atoms with E-state index >= 15 is 0 Å². The van der Waals surface area contributed by atoms with Crippen molar-refractivity contribution in [2.24, 2.45) is 5.92 Å². The molecule has 0 atom stereocenters. The highest BCUT2D eigenvalue weighted by Gasteiger charge is 2.29.